The highest BCUT2D eigenvalue weighted by Gasteiger charge is 2.38. The van der Waals surface area contributed by atoms with Gasteiger partial charge in [-0.1, -0.05) is 36.5 Å². The van der Waals surface area contributed by atoms with Crippen molar-refractivity contribution in [2.45, 2.75) is 51.5 Å². The normalized spacial score (nSPS) is 16.9. The van der Waals surface area contributed by atoms with E-state index in [2.05, 4.69) is 9.97 Å². The SMILES string of the molecule is CCCc1nc(C)nc(C(=O)N2CCN(S(=O)(=O)c3cc(Cl)ccc3Cl)C(C)C2)c1C(=O)OCC. The Morgan fingerprint density at radius 1 is 1.17 bits per heavy atom. The number of nitrogens with zero attached hydrogens (tertiary/aromatic N) is 4. The molecule has 190 valence electrons. The minimum absolute atomic E-state index is 0.0270. The summed E-state index contributed by atoms with van der Waals surface area (Å²) < 4.78 is 33.1. The summed E-state index contributed by atoms with van der Waals surface area (Å²) in [7, 11) is -3.95. The van der Waals surface area contributed by atoms with Gasteiger partial charge in [-0.25, -0.2) is 23.2 Å². The number of esters is 1. The fraction of sp³-hybridized carbons (Fsp3) is 0.478. The second-order valence-corrected chi connectivity index (χ2v) is 10.9. The lowest BCUT2D eigenvalue weighted by Crippen LogP contribution is -2.55. The van der Waals surface area contributed by atoms with Gasteiger partial charge in [0.2, 0.25) is 10.0 Å². The molecular formula is C23H28Cl2N4O5S. The Labute approximate surface area is 215 Å². The molecule has 1 aromatic heterocycles. The smallest absolute Gasteiger partial charge is 0.342 e. The fourth-order valence-electron chi connectivity index (χ4n) is 4.05. The van der Waals surface area contributed by atoms with Gasteiger partial charge in [-0.05, 0) is 45.4 Å². The molecular weight excluding hydrogens is 515 g/mol. The van der Waals surface area contributed by atoms with Gasteiger partial charge in [0.25, 0.3) is 5.91 Å². The number of halogens is 2. The Kier molecular flexibility index (Phi) is 8.74. The first-order chi connectivity index (χ1) is 16.5. The van der Waals surface area contributed by atoms with Crippen LogP contribution < -0.4 is 0 Å². The lowest BCUT2D eigenvalue weighted by atomic mass is 10.1. The number of amides is 1. The number of benzene rings is 1. The predicted molar refractivity (Wildman–Crippen MR) is 132 cm³/mol. The van der Waals surface area contributed by atoms with E-state index >= 15 is 0 Å². The van der Waals surface area contributed by atoms with Crippen LogP contribution in [0.5, 0.6) is 0 Å². The quantitative estimate of drug-likeness (QED) is 0.489. The minimum atomic E-state index is -3.95. The summed E-state index contributed by atoms with van der Waals surface area (Å²) in [5, 5.41) is 0.321. The van der Waals surface area contributed by atoms with Crippen molar-refractivity contribution in [1.82, 2.24) is 19.2 Å². The molecule has 1 unspecified atom stereocenters. The van der Waals surface area contributed by atoms with Gasteiger partial charge in [0.15, 0.2) is 0 Å². The van der Waals surface area contributed by atoms with E-state index in [1.54, 1.807) is 20.8 Å². The van der Waals surface area contributed by atoms with Gasteiger partial charge in [0, 0.05) is 30.7 Å². The van der Waals surface area contributed by atoms with Gasteiger partial charge in [0.05, 0.1) is 17.3 Å². The van der Waals surface area contributed by atoms with Crippen molar-refractivity contribution >= 4 is 45.1 Å². The number of rotatable bonds is 7. The zero-order valence-corrected chi connectivity index (χ0v) is 22.4. The van der Waals surface area contributed by atoms with Crippen LogP contribution in [0.25, 0.3) is 0 Å². The second kappa shape index (κ2) is 11.2. The van der Waals surface area contributed by atoms with E-state index < -0.39 is 27.9 Å². The molecule has 0 radical (unpaired) electrons. The molecule has 2 heterocycles. The van der Waals surface area contributed by atoms with E-state index in [1.165, 1.54) is 27.4 Å². The molecule has 0 saturated carbocycles. The number of hydrogen-bond donors (Lipinski definition) is 0. The molecule has 0 spiro atoms. The molecule has 2 aromatic rings. The second-order valence-electron chi connectivity index (χ2n) is 8.20. The lowest BCUT2D eigenvalue weighted by molar-refractivity contribution is 0.0508. The van der Waals surface area contributed by atoms with Gasteiger partial charge in [-0.2, -0.15) is 4.31 Å². The first kappa shape index (κ1) is 27.3. The van der Waals surface area contributed by atoms with Crippen molar-refractivity contribution < 1.29 is 22.7 Å². The molecule has 1 atom stereocenters. The van der Waals surface area contributed by atoms with Gasteiger partial charge < -0.3 is 9.64 Å². The molecule has 1 fully saturated rings. The molecule has 0 N–H and O–H groups in total. The highest BCUT2D eigenvalue weighted by Crippen LogP contribution is 2.30. The monoisotopic (exact) mass is 542 g/mol. The number of sulfonamides is 1. The van der Waals surface area contributed by atoms with Gasteiger partial charge in [0.1, 0.15) is 22.0 Å². The van der Waals surface area contributed by atoms with Crippen LogP contribution in [0.3, 0.4) is 0 Å². The average molecular weight is 543 g/mol. The maximum Gasteiger partial charge on any atom is 0.342 e. The van der Waals surface area contributed by atoms with E-state index in [0.717, 1.165) is 6.42 Å². The highest BCUT2D eigenvalue weighted by atomic mass is 35.5. The number of aromatic nitrogens is 2. The average Bonchev–Trinajstić information content (AvgIpc) is 2.79. The zero-order valence-electron chi connectivity index (χ0n) is 20.0. The number of carbonyl (C=O) groups excluding carboxylic acids is 2. The largest absolute Gasteiger partial charge is 0.462 e. The van der Waals surface area contributed by atoms with Crippen LogP contribution >= 0.6 is 23.2 Å². The molecule has 1 aliphatic heterocycles. The molecule has 0 aliphatic carbocycles. The van der Waals surface area contributed by atoms with Gasteiger partial charge >= 0.3 is 5.97 Å². The molecule has 3 rings (SSSR count). The zero-order chi connectivity index (χ0) is 25.9. The third-order valence-electron chi connectivity index (χ3n) is 5.60. The topological polar surface area (TPSA) is 110 Å². The predicted octanol–water partition coefficient (Wildman–Crippen LogP) is 3.76. The highest BCUT2D eigenvalue weighted by molar-refractivity contribution is 7.89. The van der Waals surface area contributed by atoms with Crippen molar-refractivity contribution in [3.05, 3.63) is 51.0 Å². The number of carbonyl (C=O) groups is 2. The van der Waals surface area contributed by atoms with E-state index in [0.29, 0.717) is 17.9 Å². The van der Waals surface area contributed by atoms with E-state index in [-0.39, 0.29) is 52.4 Å². The van der Waals surface area contributed by atoms with Crippen LogP contribution in [0.15, 0.2) is 23.1 Å². The lowest BCUT2D eigenvalue weighted by Gasteiger charge is -2.39. The Bertz CT molecular complexity index is 1240. The van der Waals surface area contributed by atoms with Crippen LogP contribution in [0, 0.1) is 6.92 Å². The maximum absolute atomic E-state index is 13.5. The summed E-state index contributed by atoms with van der Waals surface area (Å²) in [6.07, 6.45) is 1.21. The molecule has 1 saturated heterocycles. The molecule has 1 aliphatic rings. The van der Waals surface area contributed by atoms with Crippen molar-refractivity contribution in [3.8, 4) is 0 Å². The van der Waals surface area contributed by atoms with Crippen molar-refractivity contribution in [2.75, 3.05) is 26.2 Å². The van der Waals surface area contributed by atoms with Crippen LogP contribution in [0.1, 0.15) is 59.6 Å². The first-order valence-corrected chi connectivity index (χ1v) is 13.5. The summed E-state index contributed by atoms with van der Waals surface area (Å²) >= 11 is 12.1. The fourth-order valence-corrected chi connectivity index (χ4v) is 6.41. The summed E-state index contributed by atoms with van der Waals surface area (Å²) in [6.45, 7) is 7.38. The minimum Gasteiger partial charge on any atom is -0.462 e. The Morgan fingerprint density at radius 3 is 2.51 bits per heavy atom. The van der Waals surface area contributed by atoms with Gasteiger partial charge in [-0.15, -0.1) is 0 Å². The molecule has 12 heteroatoms. The number of ether oxygens (including phenoxy) is 1. The van der Waals surface area contributed by atoms with Crippen LogP contribution in [0.4, 0.5) is 0 Å². The summed E-state index contributed by atoms with van der Waals surface area (Å²) in [4.78, 5) is 36.3. The standard InChI is InChI=1S/C23H28Cl2N4O5S/c1-5-7-18-20(23(31)34-6-2)21(27-15(4)26-18)22(30)28-10-11-29(14(3)13-28)35(32,33)19-12-16(24)8-9-17(19)25/h8-9,12,14H,5-7,10-11,13H2,1-4H3. The Balaban J connectivity index is 1.91. The summed E-state index contributed by atoms with van der Waals surface area (Å²) in [5.41, 5.74) is 0.505. The molecule has 1 amide bonds. The first-order valence-electron chi connectivity index (χ1n) is 11.3. The number of aryl methyl sites for hydroxylation is 2. The van der Waals surface area contributed by atoms with Crippen molar-refractivity contribution in [3.63, 3.8) is 0 Å². The van der Waals surface area contributed by atoms with Crippen LogP contribution in [0.2, 0.25) is 10.0 Å². The molecule has 35 heavy (non-hydrogen) atoms. The van der Waals surface area contributed by atoms with E-state index in [4.69, 9.17) is 27.9 Å². The van der Waals surface area contributed by atoms with E-state index in [1.807, 2.05) is 6.92 Å². The summed E-state index contributed by atoms with van der Waals surface area (Å²) in [5.74, 6) is -0.750. The third-order valence-corrected chi connectivity index (χ3v) is 8.33. The maximum atomic E-state index is 13.5. The number of piperazine rings is 1. The Morgan fingerprint density at radius 2 is 1.89 bits per heavy atom. The van der Waals surface area contributed by atoms with Crippen LogP contribution in [-0.4, -0.2) is 71.8 Å². The molecule has 9 nitrogen and oxygen atoms in total. The molecule has 0 bridgehead atoms. The van der Waals surface area contributed by atoms with Crippen molar-refractivity contribution in [2.24, 2.45) is 0 Å². The summed E-state index contributed by atoms with van der Waals surface area (Å²) in [6, 6.07) is 3.70. The molecule has 1 aromatic carbocycles. The van der Waals surface area contributed by atoms with E-state index in [9.17, 15) is 18.0 Å². The third kappa shape index (κ3) is 5.77. The van der Waals surface area contributed by atoms with Crippen molar-refractivity contribution in [1.29, 1.82) is 0 Å². The van der Waals surface area contributed by atoms with Crippen LogP contribution in [-0.2, 0) is 21.2 Å². The Hall–Kier alpha value is -2.27. The number of hydrogen-bond acceptors (Lipinski definition) is 7. The van der Waals surface area contributed by atoms with Gasteiger partial charge in [-0.3, -0.25) is 4.79 Å².